The lowest BCUT2D eigenvalue weighted by atomic mass is 9.52. The van der Waals surface area contributed by atoms with Crippen molar-refractivity contribution in [3.05, 3.63) is 64.2 Å². The normalized spacial score (nSPS) is 32.0. The third kappa shape index (κ3) is 4.11. The van der Waals surface area contributed by atoms with Crippen LogP contribution >= 0.6 is 0 Å². The number of likely N-dealkylation sites (N-methyl/N-ethyl adjacent to an activating group) is 1. The quantitative estimate of drug-likeness (QED) is 0.409. The Bertz CT molecular complexity index is 1370. The number of primary amides is 1. The summed E-state index contributed by atoms with van der Waals surface area (Å²) in [5.41, 5.74) is 6.66. The Morgan fingerprint density at radius 1 is 1.05 bits per heavy atom. The van der Waals surface area contributed by atoms with Crippen molar-refractivity contribution < 1.29 is 34.5 Å². The number of nitrogens with two attached hydrogens (primary N) is 1. The number of ketones is 3. The van der Waals surface area contributed by atoms with Crippen LogP contribution in [0.2, 0.25) is 0 Å². The summed E-state index contributed by atoms with van der Waals surface area (Å²) in [5.74, 6) is -8.90. The summed E-state index contributed by atoms with van der Waals surface area (Å²) in [6.45, 7) is 2.02. The zero-order valence-electron chi connectivity index (χ0n) is 22.3. The van der Waals surface area contributed by atoms with Crippen LogP contribution in [0.5, 0.6) is 5.75 Å². The number of carbonyl (C=O) groups is 4. The molecule has 2 fully saturated rings. The summed E-state index contributed by atoms with van der Waals surface area (Å²) in [6.07, 6.45) is 0.225. The van der Waals surface area contributed by atoms with Gasteiger partial charge in [0.15, 0.2) is 23.0 Å². The first-order valence-electron chi connectivity index (χ1n) is 13.3. The third-order valence-electron chi connectivity index (χ3n) is 9.07. The number of nitrogens with zero attached hydrogens (tertiary/aromatic N) is 1. The van der Waals surface area contributed by atoms with Gasteiger partial charge >= 0.3 is 0 Å². The van der Waals surface area contributed by atoms with E-state index in [1.807, 2.05) is 19.1 Å². The number of fused-ring (bicyclic) bond motifs is 3. The molecule has 0 aliphatic heterocycles. The van der Waals surface area contributed by atoms with E-state index in [0.29, 0.717) is 18.4 Å². The number of Topliss-reactive ketones (excluding diaryl/α,β-unsaturated/α-hetero) is 3. The van der Waals surface area contributed by atoms with Crippen molar-refractivity contribution in [1.82, 2.24) is 4.90 Å². The molecule has 3 aliphatic rings. The fourth-order valence-electron chi connectivity index (χ4n) is 7.15. The second-order valence-corrected chi connectivity index (χ2v) is 11.6. The average molecular weight is 535 g/mol. The topological polar surface area (TPSA) is 158 Å². The van der Waals surface area contributed by atoms with Gasteiger partial charge < -0.3 is 26.0 Å². The molecular weight excluding hydrogens is 500 g/mol. The number of aliphatic hydroxyl groups is 2. The van der Waals surface area contributed by atoms with Gasteiger partial charge in [0.2, 0.25) is 5.91 Å². The minimum Gasteiger partial charge on any atom is -0.507 e. The summed E-state index contributed by atoms with van der Waals surface area (Å²) >= 11 is 0. The maximum atomic E-state index is 13.9. The minimum atomic E-state index is -2.65. The Kier molecular flexibility index (Phi) is 6.73. The van der Waals surface area contributed by atoms with Crippen molar-refractivity contribution in [1.29, 1.82) is 0 Å². The van der Waals surface area contributed by atoms with E-state index in [1.165, 1.54) is 6.07 Å². The van der Waals surface area contributed by atoms with Crippen LogP contribution in [0.3, 0.4) is 0 Å². The summed E-state index contributed by atoms with van der Waals surface area (Å²) in [6, 6.07) is 10.5. The van der Waals surface area contributed by atoms with E-state index in [-0.39, 0.29) is 17.7 Å². The molecular formula is C30H34N2O7. The molecule has 5 rings (SSSR count). The molecule has 9 nitrogen and oxygen atoms in total. The number of aliphatic hydroxyl groups excluding tert-OH is 1. The molecule has 3 aliphatic carbocycles. The van der Waals surface area contributed by atoms with Crippen LogP contribution in [-0.4, -0.2) is 75.3 Å². The summed E-state index contributed by atoms with van der Waals surface area (Å²) in [4.78, 5) is 54.8. The number of carbonyl (C=O) groups excluding carboxylic acids is 4. The first-order chi connectivity index (χ1) is 18.4. The van der Waals surface area contributed by atoms with E-state index in [9.17, 15) is 34.5 Å². The smallest absolute Gasteiger partial charge is 0.230 e. The number of hydrogen-bond acceptors (Lipinski definition) is 8. The zero-order valence-corrected chi connectivity index (χ0v) is 22.3. The zero-order chi connectivity index (χ0) is 28.4. The molecule has 0 radical (unpaired) electrons. The molecule has 7 atom stereocenters. The summed E-state index contributed by atoms with van der Waals surface area (Å²) in [7, 11) is 3.25. The van der Waals surface area contributed by atoms with Crippen molar-refractivity contribution in [2.24, 2.45) is 29.4 Å². The Hall–Kier alpha value is -3.40. The van der Waals surface area contributed by atoms with Crippen molar-refractivity contribution in [3.63, 3.8) is 0 Å². The van der Waals surface area contributed by atoms with Crippen LogP contribution in [0, 0.1) is 30.6 Å². The van der Waals surface area contributed by atoms with Gasteiger partial charge in [-0.2, -0.15) is 0 Å². The van der Waals surface area contributed by atoms with Gasteiger partial charge in [0, 0.05) is 12.0 Å². The molecule has 3 unspecified atom stereocenters. The van der Waals surface area contributed by atoms with Crippen LogP contribution in [-0.2, 0) is 33.6 Å². The van der Waals surface area contributed by atoms with E-state index in [0.717, 1.165) is 23.1 Å². The Balaban J connectivity index is 1.54. The first-order valence-corrected chi connectivity index (χ1v) is 13.3. The molecule has 1 amide bonds. The van der Waals surface area contributed by atoms with E-state index in [4.69, 9.17) is 5.73 Å². The van der Waals surface area contributed by atoms with Gasteiger partial charge in [-0.3, -0.25) is 19.2 Å². The number of aromatic hydroxyl groups is 1. The third-order valence-corrected chi connectivity index (χ3v) is 9.07. The first kappa shape index (κ1) is 27.2. The van der Waals surface area contributed by atoms with Gasteiger partial charge in [-0.05, 0) is 75.4 Å². The van der Waals surface area contributed by atoms with Gasteiger partial charge in [0.25, 0.3) is 0 Å². The van der Waals surface area contributed by atoms with E-state index in [1.54, 1.807) is 25.1 Å². The number of phenols is 1. The van der Waals surface area contributed by atoms with Crippen LogP contribution in [0.4, 0.5) is 0 Å². The average Bonchev–Trinajstić information content (AvgIpc) is 2.86. The van der Waals surface area contributed by atoms with Crippen LogP contribution in [0.15, 0.2) is 36.4 Å². The Labute approximate surface area is 226 Å². The van der Waals surface area contributed by atoms with Crippen molar-refractivity contribution in [3.8, 4) is 5.75 Å². The van der Waals surface area contributed by atoms with Crippen molar-refractivity contribution in [2.45, 2.75) is 50.4 Å². The monoisotopic (exact) mass is 534 g/mol. The fourth-order valence-corrected chi connectivity index (χ4v) is 7.15. The molecule has 2 aromatic carbocycles. The predicted molar refractivity (Wildman–Crippen MR) is 141 cm³/mol. The standard InChI is InChI=1S/C30H34N2O7/c1-14-4-6-15(7-5-14)8-9-16-10-11-20(33)22-18(16)12-17-13-19-24(32(2)3)26(35)23(29(31)38)28(37)30(19,39)27(36)21(17)25(22)34/h4-7,10-11,17,19,21,23-24,26,33,35,39H,8-9,12-13H2,1-3H3,(H2,31,38)/t17-,19-,21?,23?,24-,26?,30-/m1/s1. The lowest BCUT2D eigenvalue weighted by molar-refractivity contribution is -0.190. The number of hydrogen-bond donors (Lipinski definition) is 4. The molecule has 2 aromatic rings. The minimum absolute atomic E-state index is 0.0481. The molecule has 0 bridgehead atoms. The van der Waals surface area contributed by atoms with Gasteiger partial charge in [-0.25, -0.2) is 0 Å². The molecule has 5 N–H and O–H groups in total. The SMILES string of the molecule is Cc1ccc(CCc2ccc(O)c3c2C[C@@H]2C[C@@H]4[C@@H](N(C)C)C(O)C(C(N)=O)C(=O)[C@]4(O)C(=O)C2C3=O)cc1. The predicted octanol–water partition coefficient (Wildman–Crippen LogP) is 0.752. The number of amides is 1. The summed E-state index contributed by atoms with van der Waals surface area (Å²) < 4.78 is 0. The Morgan fingerprint density at radius 2 is 1.72 bits per heavy atom. The lowest BCUT2D eigenvalue weighted by Crippen LogP contribution is -2.75. The lowest BCUT2D eigenvalue weighted by Gasteiger charge is -2.54. The highest BCUT2D eigenvalue weighted by Gasteiger charge is 2.69. The van der Waals surface area contributed by atoms with Crippen LogP contribution in [0.25, 0.3) is 0 Å². The molecule has 2 saturated carbocycles. The van der Waals surface area contributed by atoms with Crippen molar-refractivity contribution >= 4 is 23.3 Å². The summed E-state index contributed by atoms with van der Waals surface area (Å²) in [5, 5.41) is 33.4. The largest absolute Gasteiger partial charge is 0.507 e. The molecule has 0 aromatic heterocycles. The van der Waals surface area contributed by atoms with E-state index < -0.39 is 64.7 Å². The van der Waals surface area contributed by atoms with Crippen LogP contribution < -0.4 is 5.73 Å². The maximum Gasteiger partial charge on any atom is 0.230 e. The number of rotatable bonds is 5. The van der Waals surface area contributed by atoms with Crippen LogP contribution in [0.1, 0.15) is 39.0 Å². The second kappa shape index (κ2) is 9.66. The maximum absolute atomic E-state index is 13.9. The molecule has 0 spiro atoms. The Morgan fingerprint density at radius 3 is 2.33 bits per heavy atom. The van der Waals surface area contributed by atoms with Crippen molar-refractivity contribution in [2.75, 3.05) is 14.1 Å². The molecule has 206 valence electrons. The van der Waals surface area contributed by atoms with Gasteiger partial charge in [0.1, 0.15) is 11.7 Å². The highest BCUT2D eigenvalue weighted by molar-refractivity contribution is 6.25. The fraction of sp³-hybridized carbons (Fsp3) is 0.467. The number of benzene rings is 2. The second-order valence-electron chi connectivity index (χ2n) is 11.6. The van der Waals surface area contributed by atoms with Gasteiger partial charge in [-0.15, -0.1) is 0 Å². The highest BCUT2D eigenvalue weighted by atomic mass is 16.3. The molecule has 0 saturated heterocycles. The number of phenolic OH excluding ortho intramolecular Hbond substituents is 1. The highest BCUT2D eigenvalue weighted by Crippen LogP contribution is 2.51. The van der Waals surface area contributed by atoms with E-state index in [2.05, 4.69) is 12.1 Å². The van der Waals surface area contributed by atoms with E-state index >= 15 is 0 Å². The number of aryl methyl sites for hydroxylation is 3. The van der Waals surface area contributed by atoms with Gasteiger partial charge in [-0.1, -0.05) is 35.9 Å². The molecule has 39 heavy (non-hydrogen) atoms. The molecule has 0 heterocycles. The molecule has 9 heteroatoms. The van der Waals surface area contributed by atoms with Gasteiger partial charge in [0.05, 0.1) is 17.6 Å².